The number of thiophene rings is 1. The molecule has 1 saturated heterocycles. The van der Waals surface area contributed by atoms with Gasteiger partial charge >= 0.3 is 6.18 Å². The summed E-state index contributed by atoms with van der Waals surface area (Å²) in [7, 11) is 0. The molecule has 1 atom stereocenters. The van der Waals surface area contributed by atoms with Gasteiger partial charge in [0.1, 0.15) is 17.0 Å². The molecular weight excluding hydrogens is 486 g/mol. The zero-order valence-corrected chi connectivity index (χ0v) is 20.0. The molecule has 0 aliphatic carbocycles. The second-order valence-corrected chi connectivity index (χ2v) is 10.1. The van der Waals surface area contributed by atoms with Crippen molar-refractivity contribution in [1.82, 2.24) is 19.9 Å². The number of nitrogens with zero attached hydrogens (tertiary/aromatic N) is 4. The fraction of sp³-hybridized carbons (Fsp3) is 0.435. The van der Waals surface area contributed by atoms with Crippen LogP contribution >= 0.6 is 11.3 Å². The van der Waals surface area contributed by atoms with Gasteiger partial charge in [-0.25, -0.2) is 14.4 Å². The van der Waals surface area contributed by atoms with Crippen LogP contribution in [0.25, 0.3) is 10.2 Å². The van der Waals surface area contributed by atoms with E-state index >= 15 is 0 Å². The molecule has 0 saturated carbocycles. The molecule has 4 rings (SSSR count). The van der Waals surface area contributed by atoms with E-state index in [2.05, 4.69) is 20.3 Å². The third kappa shape index (κ3) is 4.97. The first-order valence-corrected chi connectivity index (χ1v) is 11.8. The van der Waals surface area contributed by atoms with E-state index in [1.807, 2.05) is 0 Å². The molecular formula is C23H23F4N5O2S. The molecule has 1 aliphatic heterocycles. The molecule has 3 aromatic heterocycles. The summed E-state index contributed by atoms with van der Waals surface area (Å²) in [5.74, 6) is -1.92. The Morgan fingerprint density at radius 2 is 1.94 bits per heavy atom. The molecule has 35 heavy (non-hydrogen) atoms. The number of halogens is 4. The highest BCUT2D eigenvalue weighted by Gasteiger charge is 2.53. The van der Waals surface area contributed by atoms with Crippen LogP contribution in [0.1, 0.15) is 49.3 Å². The van der Waals surface area contributed by atoms with Crippen LogP contribution in [0.15, 0.2) is 29.9 Å². The first-order valence-electron chi connectivity index (χ1n) is 10.9. The number of ketones is 1. The van der Waals surface area contributed by atoms with Crippen LogP contribution in [0.5, 0.6) is 0 Å². The summed E-state index contributed by atoms with van der Waals surface area (Å²) in [5, 5.41) is 4.83. The second-order valence-electron chi connectivity index (χ2n) is 9.16. The SMILES string of the molecule is C[C@H](Nc1nc(C(=O)N2CC(CC(=O)C(C)(C)C(F)(F)F)C2)c2sccc2n1)c1cncc(F)c1. The van der Waals surface area contributed by atoms with Gasteiger partial charge < -0.3 is 10.2 Å². The van der Waals surface area contributed by atoms with E-state index in [1.54, 1.807) is 18.4 Å². The monoisotopic (exact) mass is 509 g/mol. The van der Waals surface area contributed by atoms with E-state index in [4.69, 9.17) is 0 Å². The number of rotatable bonds is 7. The summed E-state index contributed by atoms with van der Waals surface area (Å²) in [6.45, 7) is 3.87. The number of fused-ring (bicyclic) bond motifs is 1. The third-order valence-electron chi connectivity index (χ3n) is 6.20. The lowest BCUT2D eigenvalue weighted by Crippen LogP contribution is -2.52. The summed E-state index contributed by atoms with van der Waals surface area (Å²) in [4.78, 5) is 39.5. The van der Waals surface area contributed by atoms with Crippen molar-refractivity contribution in [2.45, 2.75) is 39.4 Å². The lowest BCUT2D eigenvalue weighted by atomic mass is 9.80. The highest BCUT2D eigenvalue weighted by molar-refractivity contribution is 7.17. The number of anilines is 1. The van der Waals surface area contributed by atoms with Gasteiger partial charge in [-0.1, -0.05) is 0 Å². The number of Topliss-reactive ketones (excluding diaryl/α,β-unsaturated/α-hetero) is 1. The van der Waals surface area contributed by atoms with Crippen LogP contribution in [0.4, 0.5) is 23.5 Å². The lowest BCUT2D eigenvalue weighted by Gasteiger charge is -2.40. The highest BCUT2D eigenvalue weighted by atomic mass is 32.1. The van der Waals surface area contributed by atoms with Gasteiger partial charge in [-0.3, -0.25) is 14.6 Å². The van der Waals surface area contributed by atoms with Crippen LogP contribution in [0.3, 0.4) is 0 Å². The first kappa shape index (κ1) is 25.0. The summed E-state index contributed by atoms with van der Waals surface area (Å²) >= 11 is 1.30. The molecule has 1 N–H and O–H groups in total. The summed E-state index contributed by atoms with van der Waals surface area (Å²) in [6, 6.07) is 2.68. The second kappa shape index (κ2) is 9.14. The van der Waals surface area contributed by atoms with Crippen molar-refractivity contribution in [3.63, 3.8) is 0 Å². The molecule has 7 nitrogen and oxygen atoms in total. The summed E-state index contributed by atoms with van der Waals surface area (Å²) < 4.78 is 53.5. The van der Waals surface area contributed by atoms with Crippen molar-refractivity contribution >= 4 is 39.2 Å². The maximum absolute atomic E-state index is 13.5. The Labute approximate surface area is 202 Å². The molecule has 1 fully saturated rings. The normalized spacial score (nSPS) is 15.7. The van der Waals surface area contributed by atoms with E-state index in [1.165, 1.54) is 28.5 Å². The Bertz CT molecular complexity index is 1270. The zero-order valence-electron chi connectivity index (χ0n) is 19.2. The van der Waals surface area contributed by atoms with Gasteiger partial charge in [-0.2, -0.15) is 13.2 Å². The molecule has 0 bridgehead atoms. The molecule has 4 heterocycles. The van der Waals surface area contributed by atoms with Gasteiger partial charge in [0.2, 0.25) is 5.95 Å². The molecule has 12 heteroatoms. The standard InChI is InChI=1S/C23H23F4N5O2S/c1-12(14-7-15(24)9-28-8-14)29-21-30-16-4-5-35-19(16)18(31-21)20(34)32-10-13(11-32)6-17(33)22(2,3)23(25,26)27/h4-5,7-9,12-13H,6,10-11H2,1-3H3,(H,29,30,31)/t12-/m0/s1. The molecule has 1 amide bonds. The molecule has 3 aromatic rings. The maximum Gasteiger partial charge on any atom is 0.400 e. The van der Waals surface area contributed by atoms with Crippen molar-refractivity contribution < 1.29 is 27.2 Å². The number of alkyl halides is 3. The van der Waals surface area contributed by atoms with Crippen LogP contribution in [-0.2, 0) is 4.79 Å². The van der Waals surface area contributed by atoms with Crippen molar-refractivity contribution in [3.8, 4) is 0 Å². The van der Waals surface area contributed by atoms with Gasteiger partial charge in [-0.15, -0.1) is 11.3 Å². The number of pyridine rings is 1. The van der Waals surface area contributed by atoms with E-state index in [9.17, 15) is 27.2 Å². The largest absolute Gasteiger partial charge is 0.400 e. The predicted octanol–water partition coefficient (Wildman–Crippen LogP) is 5.02. The van der Waals surface area contributed by atoms with Gasteiger partial charge in [0, 0.05) is 31.6 Å². The third-order valence-corrected chi connectivity index (χ3v) is 7.11. The van der Waals surface area contributed by atoms with Gasteiger partial charge in [0.25, 0.3) is 5.91 Å². The van der Waals surface area contributed by atoms with Crippen LogP contribution in [0.2, 0.25) is 0 Å². The Kier molecular flexibility index (Phi) is 6.52. The van der Waals surface area contributed by atoms with E-state index < -0.39 is 29.2 Å². The van der Waals surface area contributed by atoms with Crippen molar-refractivity contribution in [1.29, 1.82) is 0 Å². The molecule has 0 unspecified atom stereocenters. The number of aromatic nitrogens is 3. The quantitative estimate of drug-likeness (QED) is 0.450. The number of amides is 1. The minimum Gasteiger partial charge on any atom is -0.348 e. The predicted molar refractivity (Wildman–Crippen MR) is 123 cm³/mol. The fourth-order valence-corrected chi connectivity index (χ4v) is 4.52. The molecule has 0 spiro atoms. The van der Waals surface area contributed by atoms with Crippen molar-refractivity contribution in [2.24, 2.45) is 11.3 Å². The molecule has 1 aliphatic rings. The van der Waals surface area contributed by atoms with Crippen LogP contribution in [-0.4, -0.2) is 50.8 Å². The Morgan fingerprint density at radius 3 is 2.60 bits per heavy atom. The van der Waals surface area contributed by atoms with Gasteiger partial charge in [-0.05, 0) is 43.8 Å². The number of nitrogens with one attached hydrogen (secondary N) is 1. The lowest BCUT2D eigenvalue weighted by molar-refractivity contribution is -0.211. The summed E-state index contributed by atoms with van der Waals surface area (Å²) in [5.41, 5.74) is -1.14. The van der Waals surface area contributed by atoms with Gasteiger partial charge in [0.05, 0.1) is 22.5 Å². The highest BCUT2D eigenvalue weighted by Crippen LogP contribution is 2.40. The Balaban J connectivity index is 1.47. The number of carbonyl (C=O) groups excluding carboxylic acids is 2. The average Bonchev–Trinajstić information content (AvgIpc) is 3.22. The van der Waals surface area contributed by atoms with Crippen molar-refractivity contribution in [3.05, 3.63) is 47.0 Å². The zero-order chi connectivity index (χ0) is 25.5. The van der Waals surface area contributed by atoms with E-state index in [-0.39, 0.29) is 43.0 Å². The van der Waals surface area contributed by atoms with E-state index in [0.29, 0.717) is 15.8 Å². The number of likely N-dealkylation sites (tertiary alicyclic amines) is 1. The minimum absolute atomic E-state index is 0.164. The molecule has 0 radical (unpaired) electrons. The first-order chi connectivity index (χ1) is 16.4. The number of carbonyl (C=O) groups is 2. The maximum atomic E-state index is 13.5. The number of hydrogen-bond donors (Lipinski definition) is 1. The average molecular weight is 510 g/mol. The minimum atomic E-state index is -4.63. The molecule has 0 aromatic carbocycles. The summed E-state index contributed by atoms with van der Waals surface area (Å²) in [6.07, 6.45) is -2.27. The number of hydrogen-bond acceptors (Lipinski definition) is 7. The van der Waals surface area contributed by atoms with Gasteiger partial charge in [0.15, 0.2) is 5.69 Å². The topological polar surface area (TPSA) is 88.1 Å². The Hall–Kier alpha value is -3.15. The van der Waals surface area contributed by atoms with Crippen molar-refractivity contribution in [2.75, 3.05) is 18.4 Å². The Morgan fingerprint density at radius 1 is 1.23 bits per heavy atom. The smallest absolute Gasteiger partial charge is 0.348 e. The van der Waals surface area contributed by atoms with Crippen LogP contribution < -0.4 is 5.32 Å². The van der Waals surface area contributed by atoms with E-state index in [0.717, 1.165) is 20.0 Å². The molecule has 186 valence electrons. The van der Waals surface area contributed by atoms with Crippen LogP contribution in [0, 0.1) is 17.2 Å². The fourth-order valence-electron chi connectivity index (χ4n) is 3.71.